The number of primary amides is 1. The number of benzene rings is 3. The fourth-order valence-corrected chi connectivity index (χ4v) is 4.37. The molecule has 0 bridgehead atoms. The first-order valence-electron chi connectivity index (χ1n) is 10.2. The summed E-state index contributed by atoms with van der Waals surface area (Å²) in [7, 11) is 1.63. The number of tetrazole rings is 1. The van der Waals surface area contributed by atoms with Gasteiger partial charge in [0.15, 0.2) is 5.60 Å². The summed E-state index contributed by atoms with van der Waals surface area (Å²) in [6, 6.07) is 19.3. The number of aliphatic hydroxyl groups is 1. The Balaban J connectivity index is 1.70. The highest BCUT2D eigenvalue weighted by atomic mass is 35.5. The molecule has 0 saturated heterocycles. The van der Waals surface area contributed by atoms with Gasteiger partial charge in [-0.05, 0) is 46.7 Å². The third-order valence-electron chi connectivity index (χ3n) is 5.68. The summed E-state index contributed by atoms with van der Waals surface area (Å²) < 4.78 is 15.8. The molecule has 0 fully saturated rings. The highest BCUT2D eigenvalue weighted by Crippen LogP contribution is 2.39. The van der Waals surface area contributed by atoms with E-state index in [9.17, 15) is 14.3 Å². The summed E-state index contributed by atoms with van der Waals surface area (Å²) in [6.45, 7) is 0. The van der Waals surface area contributed by atoms with Crippen LogP contribution in [0.3, 0.4) is 0 Å². The van der Waals surface area contributed by atoms with Crippen LogP contribution in [0.4, 0.5) is 4.39 Å². The van der Waals surface area contributed by atoms with E-state index in [4.69, 9.17) is 17.3 Å². The van der Waals surface area contributed by atoms with Gasteiger partial charge in [0.05, 0.1) is 17.6 Å². The van der Waals surface area contributed by atoms with Crippen LogP contribution < -0.4 is 5.73 Å². The Bertz CT molecular complexity index is 1530. The van der Waals surface area contributed by atoms with E-state index >= 15 is 0 Å². The molecule has 0 saturated carbocycles. The monoisotopic (exact) mass is 476 g/mol. The van der Waals surface area contributed by atoms with Crippen molar-refractivity contribution in [3.05, 3.63) is 94.8 Å². The molecule has 1 unspecified atom stereocenters. The zero-order valence-corrected chi connectivity index (χ0v) is 18.6. The summed E-state index contributed by atoms with van der Waals surface area (Å²) in [5.41, 5.74) is 5.90. The SMILES string of the molecule is Cn1nnc(-c2c(Cl)c3cc(F)ccc3n2-c2ccc(C(O)(C(N)=O)c3ccccc3)cc2)n1. The van der Waals surface area contributed by atoms with Crippen LogP contribution in [0.2, 0.25) is 5.02 Å². The number of aryl methyl sites for hydroxylation is 1. The van der Waals surface area contributed by atoms with Crippen LogP contribution in [0.5, 0.6) is 0 Å². The molecule has 0 aliphatic carbocycles. The second kappa shape index (κ2) is 8.05. The lowest BCUT2D eigenvalue weighted by molar-refractivity contribution is -0.133. The average molecular weight is 477 g/mol. The Morgan fingerprint density at radius 1 is 1.06 bits per heavy atom. The Morgan fingerprint density at radius 3 is 2.35 bits per heavy atom. The molecule has 0 radical (unpaired) electrons. The van der Waals surface area contributed by atoms with Gasteiger partial charge in [-0.2, -0.15) is 4.80 Å². The van der Waals surface area contributed by atoms with Crippen molar-refractivity contribution in [3.8, 4) is 17.2 Å². The standard InChI is InChI=1S/C24H18ClFN6O2/c1-31-29-22(28-30-31)21-20(25)18-13-16(26)9-12-19(18)32(21)17-10-7-15(8-11-17)24(34,23(27)33)14-5-3-2-4-6-14/h2-13,34H,1H3,(H2,27,33). The quantitative estimate of drug-likeness (QED) is 0.404. The van der Waals surface area contributed by atoms with Crippen LogP contribution in [0.25, 0.3) is 28.1 Å². The molecule has 10 heteroatoms. The normalized spacial score (nSPS) is 13.2. The molecule has 0 spiro atoms. The summed E-state index contributed by atoms with van der Waals surface area (Å²) in [6.07, 6.45) is 0. The summed E-state index contributed by atoms with van der Waals surface area (Å²) in [5, 5.41) is 24.2. The van der Waals surface area contributed by atoms with Crippen LogP contribution in [0, 0.1) is 5.82 Å². The van der Waals surface area contributed by atoms with E-state index in [-0.39, 0.29) is 10.8 Å². The predicted octanol–water partition coefficient (Wildman–Crippen LogP) is 3.33. The summed E-state index contributed by atoms with van der Waals surface area (Å²) in [5.74, 6) is -1.08. The minimum atomic E-state index is -2.02. The van der Waals surface area contributed by atoms with E-state index in [1.165, 1.54) is 16.9 Å². The van der Waals surface area contributed by atoms with E-state index < -0.39 is 17.3 Å². The summed E-state index contributed by atoms with van der Waals surface area (Å²) >= 11 is 6.65. The largest absolute Gasteiger partial charge is 0.372 e. The Kier molecular flexibility index (Phi) is 5.15. The van der Waals surface area contributed by atoms with Crippen LogP contribution in [-0.4, -0.2) is 35.8 Å². The molecule has 3 N–H and O–H groups in total. The van der Waals surface area contributed by atoms with Crippen molar-refractivity contribution in [2.75, 3.05) is 0 Å². The number of amides is 1. The maximum Gasteiger partial charge on any atom is 0.258 e. The van der Waals surface area contributed by atoms with Crippen LogP contribution in [0.1, 0.15) is 11.1 Å². The second-order valence-electron chi connectivity index (χ2n) is 7.75. The molecular weight excluding hydrogens is 459 g/mol. The lowest BCUT2D eigenvalue weighted by Crippen LogP contribution is -2.42. The molecule has 3 aromatic carbocycles. The van der Waals surface area contributed by atoms with Gasteiger partial charge in [0.25, 0.3) is 5.91 Å². The van der Waals surface area contributed by atoms with Gasteiger partial charge < -0.3 is 15.4 Å². The van der Waals surface area contributed by atoms with Crippen molar-refractivity contribution < 1.29 is 14.3 Å². The van der Waals surface area contributed by atoms with Gasteiger partial charge >= 0.3 is 0 Å². The number of hydrogen-bond donors (Lipinski definition) is 2. The lowest BCUT2D eigenvalue weighted by atomic mass is 9.85. The third kappa shape index (κ3) is 3.33. The Hall–Kier alpha value is -4.08. The molecule has 2 heterocycles. The third-order valence-corrected chi connectivity index (χ3v) is 6.06. The van der Waals surface area contributed by atoms with E-state index in [0.29, 0.717) is 33.4 Å². The smallest absolute Gasteiger partial charge is 0.258 e. The zero-order valence-electron chi connectivity index (χ0n) is 17.9. The van der Waals surface area contributed by atoms with Gasteiger partial charge in [0, 0.05) is 11.1 Å². The number of aromatic nitrogens is 5. The molecule has 8 nitrogen and oxygen atoms in total. The number of hydrogen-bond acceptors (Lipinski definition) is 5. The lowest BCUT2D eigenvalue weighted by Gasteiger charge is -2.26. The van der Waals surface area contributed by atoms with E-state index in [2.05, 4.69) is 15.4 Å². The number of fused-ring (bicyclic) bond motifs is 1. The van der Waals surface area contributed by atoms with Gasteiger partial charge in [-0.3, -0.25) is 4.79 Å². The number of nitrogens with two attached hydrogens (primary N) is 1. The number of carbonyl (C=O) groups is 1. The van der Waals surface area contributed by atoms with Crippen LogP contribution in [0.15, 0.2) is 72.8 Å². The molecule has 5 rings (SSSR count). The second-order valence-corrected chi connectivity index (χ2v) is 8.13. The molecule has 1 atom stereocenters. The zero-order chi connectivity index (χ0) is 24.0. The number of carbonyl (C=O) groups excluding carboxylic acids is 1. The topological polar surface area (TPSA) is 112 Å². The first kappa shape index (κ1) is 21.7. The fourth-order valence-electron chi connectivity index (χ4n) is 4.05. The van der Waals surface area contributed by atoms with E-state index in [0.717, 1.165) is 0 Å². The van der Waals surface area contributed by atoms with Gasteiger partial charge in [0.1, 0.15) is 11.5 Å². The summed E-state index contributed by atoms with van der Waals surface area (Å²) in [4.78, 5) is 13.6. The molecule has 2 aromatic heterocycles. The van der Waals surface area contributed by atoms with Gasteiger partial charge in [-0.15, -0.1) is 10.2 Å². The van der Waals surface area contributed by atoms with Crippen LogP contribution in [-0.2, 0) is 17.4 Å². The number of halogens is 2. The molecule has 5 aromatic rings. The molecule has 34 heavy (non-hydrogen) atoms. The Morgan fingerprint density at radius 2 is 1.74 bits per heavy atom. The maximum atomic E-state index is 14.0. The van der Waals surface area contributed by atoms with E-state index in [1.54, 1.807) is 72.3 Å². The maximum absolute atomic E-state index is 14.0. The molecule has 1 amide bonds. The molecule has 0 aliphatic heterocycles. The van der Waals surface area contributed by atoms with Crippen molar-refractivity contribution in [1.29, 1.82) is 0 Å². The average Bonchev–Trinajstić information content (AvgIpc) is 3.39. The van der Waals surface area contributed by atoms with Crippen LogP contribution >= 0.6 is 11.6 Å². The number of nitrogens with zero attached hydrogens (tertiary/aromatic N) is 5. The van der Waals surface area contributed by atoms with E-state index in [1.807, 2.05) is 0 Å². The van der Waals surface area contributed by atoms with Gasteiger partial charge in [-0.1, -0.05) is 54.1 Å². The van der Waals surface area contributed by atoms with Crippen molar-refractivity contribution in [2.24, 2.45) is 12.8 Å². The first-order chi connectivity index (χ1) is 16.3. The van der Waals surface area contributed by atoms with Crippen molar-refractivity contribution in [3.63, 3.8) is 0 Å². The highest BCUT2D eigenvalue weighted by Gasteiger charge is 2.38. The fraction of sp³-hybridized carbons (Fsp3) is 0.0833. The van der Waals surface area contributed by atoms with Crippen molar-refractivity contribution >= 4 is 28.4 Å². The number of rotatable bonds is 5. The highest BCUT2D eigenvalue weighted by molar-refractivity contribution is 6.38. The molecule has 170 valence electrons. The van der Waals surface area contributed by atoms with Gasteiger partial charge in [0.2, 0.25) is 5.82 Å². The van der Waals surface area contributed by atoms with Crippen molar-refractivity contribution in [2.45, 2.75) is 5.60 Å². The first-order valence-corrected chi connectivity index (χ1v) is 10.6. The molecular formula is C24H18ClFN6O2. The predicted molar refractivity (Wildman–Crippen MR) is 125 cm³/mol. The Labute approximate surface area is 198 Å². The molecule has 0 aliphatic rings. The minimum absolute atomic E-state index is 0.256. The van der Waals surface area contributed by atoms with Crippen molar-refractivity contribution in [1.82, 2.24) is 24.8 Å². The van der Waals surface area contributed by atoms with Gasteiger partial charge in [-0.25, -0.2) is 4.39 Å². The minimum Gasteiger partial charge on any atom is -0.372 e.